The number of rotatable bonds is 10. The van der Waals surface area contributed by atoms with Crippen molar-refractivity contribution >= 4 is 22.0 Å². The topological polar surface area (TPSA) is 339 Å². The summed E-state index contributed by atoms with van der Waals surface area (Å²) in [7, 11) is -5.37. The summed E-state index contributed by atoms with van der Waals surface area (Å²) in [6.45, 7) is -1.96. The molecule has 262 valence electrons. The largest absolute Gasteiger partial charge is 0.508 e. The van der Waals surface area contributed by atoms with Gasteiger partial charge in [-0.05, 0) is 24.1 Å². The molecule has 11 atom stereocenters. The second-order valence-electron chi connectivity index (χ2n) is 11.2. The Morgan fingerprint density at radius 2 is 1.62 bits per heavy atom. The first-order chi connectivity index (χ1) is 21.8. The second kappa shape index (κ2) is 13.8. The molecule has 3 aliphatic rings. The Morgan fingerprint density at radius 3 is 2.19 bits per heavy atom. The zero-order valence-electron chi connectivity index (χ0n) is 24.0. The predicted molar refractivity (Wildman–Crippen MR) is 149 cm³/mol. The van der Waals surface area contributed by atoms with Crippen LogP contribution in [0.5, 0.6) is 5.75 Å². The summed E-state index contributed by atoms with van der Waals surface area (Å²) in [6, 6.07) is 5.43. The molecule has 0 aromatic heterocycles. The lowest BCUT2D eigenvalue weighted by molar-refractivity contribution is -0.258. The van der Waals surface area contributed by atoms with Gasteiger partial charge < -0.3 is 65.6 Å². The van der Waals surface area contributed by atoms with Crippen molar-refractivity contribution in [1.82, 2.24) is 0 Å². The summed E-state index contributed by atoms with van der Waals surface area (Å²) < 4.78 is 46.4. The third-order valence-corrected chi connectivity index (χ3v) is 8.66. The smallest absolute Gasteiger partial charge is 0.397 e. The molecule has 1 aromatic rings. The fraction of sp³-hybridized carbons (Fsp3) is 0.556. The Morgan fingerprint density at radius 1 is 1.00 bits per heavy atom. The van der Waals surface area contributed by atoms with Crippen molar-refractivity contribution in [3.8, 4) is 5.75 Å². The minimum absolute atomic E-state index is 0.101. The molecular formula is C27H34O19S. The Bertz CT molecular complexity index is 1520. The van der Waals surface area contributed by atoms with E-state index >= 15 is 0 Å². The molecule has 2 saturated heterocycles. The van der Waals surface area contributed by atoms with E-state index in [1.165, 1.54) is 24.3 Å². The van der Waals surface area contributed by atoms with Crippen molar-refractivity contribution in [2.45, 2.75) is 79.5 Å². The van der Waals surface area contributed by atoms with Gasteiger partial charge in [0.1, 0.15) is 83.9 Å². The predicted octanol–water partition coefficient (Wildman–Crippen LogP) is -4.66. The number of ether oxygens (including phenoxy) is 2. The Kier molecular flexibility index (Phi) is 10.8. The summed E-state index contributed by atoms with van der Waals surface area (Å²) in [5.41, 5.74) is -5.81. The van der Waals surface area contributed by atoms with E-state index in [1.54, 1.807) is 0 Å². The van der Waals surface area contributed by atoms with Gasteiger partial charge in [-0.2, -0.15) is 8.42 Å². The van der Waals surface area contributed by atoms with Gasteiger partial charge in [0.25, 0.3) is 0 Å². The van der Waals surface area contributed by atoms with E-state index in [0.717, 1.165) is 0 Å². The molecule has 0 bridgehead atoms. The van der Waals surface area contributed by atoms with Crippen molar-refractivity contribution in [2.24, 2.45) is 0 Å². The van der Waals surface area contributed by atoms with Crippen LogP contribution in [0.25, 0.3) is 0 Å². The average molecular weight is 695 g/mol. The molecule has 1 aliphatic carbocycles. The van der Waals surface area contributed by atoms with Gasteiger partial charge in [-0.15, -0.1) is 0 Å². The zero-order chi connectivity index (χ0) is 35.2. The fourth-order valence-electron chi connectivity index (χ4n) is 5.67. The Hall–Kier alpha value is -3.09. The van der Waals surface area contributed by atoms with E-state index < -0.39 is 131 Å². The number of aliphatic hydroxyl groups is 10. The minimum Gasteiger partial charge on any atom is -0.508 e. The summed E-state index contributed by atoms with van der Waals surface area (Å²) in [5, 5.41) is 117. The monoisotopic (exact) mass is 694 g/mol. The number of aliphatic hydroxyl groups excluding tert-OH is 9. The first kappa shape index (κ1) is 36.7. The van der Waals surface area contributed by atoms with E-state index in [9.17, 15) is 74.2 Å². The molecule has 11 unspecified atom stereocenters. The van der Waals surface area contributed by atoms with E-state index in [4.69, 9.17) is 14.0 Å². The standard InChI is InChI=1S/C27H34O19S/c28-7-13-22(46-47(41,42)43)20(36)21(37)26(45-13)27(40)24(38)14(11(30)6-3-9-1-4-10(29)5-2-9)17(33)15(25(27)39)18(34)23-19(35)16(32)12(31)8-44-23/h1-2,4-5,12-13,16,18-23,26,28-29,31-37,39-40H,3,6-8H2,(H,41,42,43). The Balaban J connectivity index is 1.82. The maximum absolute atomic E-state index is 13.9. The maximum Gasteiger partial charge on any atom is 0.397 e. The third kappa shape index (κ3) is 6.91. The van der Waals surface area contributed by atoms with Crippen LogP contribution in [0, 0.1) is 0 Å². The molecule has 0 amide bonds. The summed E-state index contributed by atoms with van der Waals surface area (Å²) in [6.07, 6.45) is -23.0. The van der Waals surface area contributed by atoms with Gasteiger partial charge in [-0.25, -0.2) is 4.18 Å². The summed E-state index contributed by atoms with van der Waals surface area (Å²) >= 11 is 0. The van der Waals surface area contributed by atoms with Crippen LogP contribution in [-0.2, 0) is 40.1 Å². The van der Waals surface area contributed by atoms with E-state index in [1.807, 2.05) is 0 Å². The molecule has 2 aliphatic heterocycles. The highest BCUT2D eigenvalue weighted by molar-refractivity contribution is 7.80. The van der Waals surface area contributed by atoms with E-state index in [-0.39, 0.29) is 12.2 Å². The SMILES string of the molecule is O=C(CCc1ccc(O)cc1)C1=C(O)C(C(O)C2OCC(O)C(O)C2O)=C(O)C(O)(C2OC(CO)C(OS(=O)(=O)O)C(O)C2O)C1=O. The molecule has 1 aromatic carbocycles. The molecule has 4 rings (SSSR count). The van der Waals surface area contributed by atoms with Gasteiger partial charge in [0.2, 0.25) is 11.4 Å². The van der Waals surface area contributed by atoms with Crippen LogP contribution in [0.2, 0.25) is 0 Å². The van der Waals surface area contributed by atoms with Gasteiger partial charge in [0.15, 0.2) is 5.78 Å². The zero-order valence-corrected chi connectivity index (χ0v) is 24.9. The first-order valence-corrected chi connectivity index (χ1v) is 15.3. The molecular weight excluding hydrogens is 660 g/mol. The molecule has 0 saturated carbocycles. The molecule has 12 N–H and O–H groups in total. The molecule has 20 heteroatoms. The van der Waals surface area contributed by atoms with Crippen LogP contribution in [0.15, 0.2) is 46.9 Å². The van der Waals surface area contributed by atoms with E-state index in [0.29, 0.717) is 5.56 Å². The van der Waals surface area contributed by atoms with Crippen molar-refractivity contribution < 1.29 is 92.4 Å². The van der Waals surface area contributed by atoms with Crippen molar-refractivity contribution in [1.29, 1.82) is 0 Å². The maximum atomic E-state index is 13.9. The highest BCUT2D eigenvalue weighted by Gasteiger charge is 2.63. The second-order valence-corrected chi connectivity index (χ2v) is 12.3. The van der Waals surface area contributed by atoms with Gasteiger partial charge in [0.05, 0.1) is 18.8 Å². The highest BCUT2D eigenvalue weighted by Crippen LogP contribution is 2.43. The molecule has 47 heavy (non-hydrogen) atoms. The van der Waals surface area contributed by atoms with Crippen molar-refractivity contribution in [2.75, 3.05) is 13.2 Å². The number of Topliss-reactive ketones (excluding diaryl/α,β-unsaturated/α-hetero) is 2. The lowest BCUT2D eigenvalue weighted by Crippen LogP contribution is -2.69. The lowest BCUT2D eigenvalue weighted by atomic mass is 9.71. The van der Waals surface area contributed by atoms with Gasteiger partial charge in [-0.3, -0.25) is 14.1 Å². The molecule has 19 nitrogen and oxygen atoms in total. The number of hydrogen-bond acceptors (Lipinski definition) is 18. The number of ketones is 2. The normalized spacial score (nSPS) is 36.0. The summed E-state index contributed by atoms with van der Waals surface area (Å²) in [5.74, 6) is -6.35. The van der Waals surface area contributed by atoms with Crippen molar-refractivity contribution in [3.05, 3.63) is 52.5 Å². The number of carbonyl (C=O) groups excluding carboxylic acids is 2. The molecule has 2 fully saturated rings. The number of phenolic OH excluding ortho intramolecular Hbond substituents is 1. The lowest BCUT2D eigenvalue weighted by Gasteiger charge is -2.48. The van der Waals surface area contributed by atoms with Gasteiger partial charge in [-0.1, -0.05) is 12.1 Å². The average Bonchev–Trinajstić information content (AvgIpc) is 3.00. The minimum atomic E-state index is -5.37. The number of aromatic hydroxyl groups is 1. The van der Waals surface area contributed by atoms with Crippen LogP contribution < -0.4 is 0 Å². The summed E-state index contributed by atoms with van der Waals surface area (Å²) in [4.78, 5) is 27.3. The van der Waals surface area contributed by atoms with Crippen LogP contribution in [0.1, 0.15) is 12.0 Å². The van der Waals surface area contributed by atoms with Gasteiger partial charge >= 0.3 is 10.4 Å². The first-order valence-electron chi connectivity index (χ1n) is 13.9. The quantitative estimate of drug-likeness (QED) is 0.0809. The molecule has 2 heterocycles. The van der Waals surface area contributed by atoms with Crippen LogP contribution in [0.4, 0.5) is 0 Å². The van der Waals surface area contributed by atoms with Crippen LogP contribution in [-0.4, -0.2) is 161 Å². The van der Waals surface area contributed by atoms with E-state index in [2.05, 4.69) is 4.18 Å². The highest BCUT2D eigenvalue weighted by atomic mass is 32.3. The van der Waals surface area contributed by atoms with Crippen LogP contribution in [0.3, 0.4) is 0 Å². The number of benzene rings is 1. The number of hydrogen-bond donors (Lipinski definition) is 12. The van der Waals surface area contributed by atoms with Crippen LogP contribution >= 0.6 is 0 Å². The Labute approximate surface area is 265 Å². The molecule has 0 radical (unpaired) electrons. The molecule has 0 spiro atoms. The van der Waals surface area contributed by atoms with Crippen molar-refractivity contribution in [3.63, 3.8) is 0 Å². The third-order valence-electron chi connectivity index (χ3n) is 8.19. The fourth-order valence-corrected chi connectivity index (χ4v) is 6.19. The number of aryl methyl sites for hydroxylation is 1. The number of carbonyl (C=O) groups is 2. The van der Waals surface area contributed by atoms with Gasteiger partial charge in [0, 0.05) is 6.42 Å². The number of phenols is 1.